The van der Waals surface area contributed by atoms with Gasteiger partial charge in [-0.1, -0.05) is 50.2 Å². The van der Waals surface area contributed by atoms with Crippen molar-refractivity contribution in [2.24, 2.45) is 5.92 Å². The van der Waals surface area contributed by atoms with E-state index in [9.17, 15) is 4.79 Å². The summed E-state index contributed by atoms with van der Waals surface area (Å²) < 4.78 is 11.0. The average molecular weight is 429 g/mol. The molecule has 0 aliphatic heterocycles. The highest BCUT2D eigenvalue weighted by Gasteiger charge is 2.17. The van der Waals surface area contributed by atoms with Gasteiger partial charge in [0.2, 0.25) is 5.91 Å². The number of nitrogens with one attached hydrogen (secondary N) is 2. The molecule has 2 aromatic rings. The average Bonchev–Trinajstić information content (AvgIpc) is 2.72. The fourth-order valence-corrected chi connectivity index (χ4v) is 3.20. The Hall–Kier alpha value is -2.44. The van der Waals surface area contributed by atoms with Crippen LogP contribution in [0.5, 0.6) is 5.75 Å². The van der Waals surface area contributed by atoms with Crippen molar-refractivity contribution in [3.05, 3.63) is 59.7 Å². The van der Waals surface area contributed by atoms with Crippen LogP contribution in [0.25, 0.3) is 0 Å². The third kappa shape index (κ3) is 7.76. The Morgan fingerprint density at radius 1 is 1.03 bits per heavy atom. The highest BCUT2D eigenvalue weighted by atomic mass is 32.1. The number of anilines is 1. The monoisotopic (exact) mass is 428 g/mol. The van der Waals surface area contributed by atoms with Crippen LogP contribution in [0.3, 0.4) is 0 Å². The van der Waals surface area contributed by atoms with Crippen molar-refractivity contribution in [2.45, 2.75) is 40.0 Å². The molecule has 2 aromatic carbocycles. The van der Waals surface area contributed by atoms with Crippen LogP contribution in [0, 0.1) is 5.92 Å². The van der Waals surface area contributed by atoms with Gasteiger partial charge in [-0.05, 0) is 61.7 Å². The minimum Gasteiger partial charge on any atom is -0.489 e. The molecule has 1 unspecified atom stereocenters. The summed E-state index contributed by atoms with van der Waals surface area (Å²) in [5, 5.41) is 6.07. The smallest absolute Gasteiger partial charge is 0.233 e. The maximum atomic E-state index is 12.6. The van der Waals surface area contributed by atoms with Crippen molar-refractivity contribution in [1.29, 1.82) is 0 Å². The fourth-order valence-electron chi connectivity index (χ4n) is 2.99. The lowest BCUT2D eigenvalue weighted by molar-refractivity contribution is -0.120. The van der Waals surface area contributed by atoms with Crippen molar-refractivity contribution < 1.29 is 14.3 Å². The number of para-hydroxylation sites is 2. The van der Waals surface area contributed by atoms with Crippen molar-refractivity contribution in [3.63, 3.8) is 0 Å². The van der Waals surface area contributed by atoms with Crippen molar-refractivity contribution in [2.75, 3.05) is 25.1 Å². The first kappa shape index (κ1) is 23.8. The van der Waals surface area contributed by atoms with Gasteiger partial charge in [0.05, 0.1) is 18.2 Å². The normalized spacial score (nSPS) is 11.8. The molecule has 0 heterocycles. The second-order valence-corrected chi connectivity index (χ2v) is 7.95. The molecule has 30 heavy (non-hydrogen) atoms. The van der Waals surface area contributed by atoms with Crippen LogP contribution >= 0.6 is 12.2 Å². The second-order valence-electron chi connectivity index (χ2n) is 7.55. The van der Waals surface area contributed by atoms with E-state index in [-0.39, 0.29) is 16.9 Å². The van der Waals surface area contributed by atoms with Gasteiger partial charge in [-0.15, -0.1) is 0 Å². The lowest BCUT2D eigenvalue weighted by Crippen LogP contribution is -2.36. The van der Waals surface area contributed by atoms with Crippen LogP contribution in [0.1, 0.15) is 44.7 Å². The molecule has 0 spiro atoms. The molecular weight excluding hydrogens is 396 g/mol. The molecule has 2 rings (SSSR count). The number of hydrogen-bond donors (Lipinski definition) is 2. The predicted octanol–water partition coefficient (Wildman–Crippen LogP) is 4.92. The summed E-state index contributed by atoms with van der Waals surface area (Å²) in [5.41, 5.74) is 2.94. The topological polar surface area (TPSA) is 59.6 Å². The highest BCUT2D eigenvalue weighted by Crippen LogP contribution is 2.24. The number of carbonyl (C=O) groups is 1. The van der Waals surface area contributed by atoms with Gasteiger partial charge in [-0.3, -0.25) is 4.79 Å². The molecule has 1 amide bonds. The molecule has 1 atom stereocenters. The van der Waals surface area contributed by atoms with Gasteiger partial charge in [-0.2, -0.15) is 0 Å². The molecule has 0 aromatic heterocycles. The Bertz CT molecular complexity index is 821. The molecule has 0 saturated heterocycles. The van der Waals surface area contributed by atoms with Gasteiger partial charge in [0.1, 0.15) is 12.4 Å². The molecule has 0 saturated carbocycles. The summed E-state index contributed by atoms with van der Waals surface area (Å²) in [6.45, 7) is 9.81. The zero-order chi connectivity index (χ0) is 21.9. The molecule has 0 bridgehead atoms. The third-order valence-corrected chi connectivity index (χ3v) is 4.78. The van der Waals surface area contributed by atoms with E-state index in [1.54, 1.807) is 0 Å². The lowest BCUT2D eigenvalue weighted by atomic mass is 9.96. The molecular formula is C24H32N2O3S. The quantitative estimate of drug-likeness (QED) is 0.416. The Morgan fingerprint density at radius 2 is 1.73 bits per heavy atom. The number of hydrogen-bond acceptors (Lipinski definition) is 4. The first-order valence-corrected chi connectivity index (χ1v) is 10.8. The number of benzene rings is 2. The van der Waals surface area contributed by atoms with Crippen LogP contribution in [0.15, 0.2) is 48.5 Å². The van der Waals surface area contributed by atoms with Gasteiger partial charge in [0.15, 0.2) is 5.11 Å². The molecule has 6 heteroatoms. The molecule has 2 N–H and O–H groups in total. The first-order chi connectivity index (χ1) is 14.4. The van der Waals surface area contributed by atoms with E-state index >= 15 is 0 Å². The molecule has 0 aliphatic carbocycles. The minimum atomic E-state index is -0.310. The van der Waals surface area contributed by atoms with Crippen LogP contribution in [0.4, 0.5) is 5.69 Å². The number of ether oxygens (including phenoxy) is 2. The molecule has 0 fully saturated rings. The van der Waals surface area contributed by atoms with Gasteiger partial charge < -0.3 is 20.1 Å². The zero-order valence-corrected chi connectivity index (χ0v) is 19.1. The standard InChI is InChI=1S/C24H32N2O3S/c1-5-28-14-15-29-22-9-7-6-8-21(22)25-24(30)26-23(27)18(4)20-12-10-19(11-13-20)16-17(2)3/h6-13,17-18H,5,14-16H2,1-4H3,(H2,25,26,27,30). The SMILES string of the molecule is CCOCCOc1ccccc1NC(=S)NC(=O)C(C)c1ccc(CC(C)C)cc1. The highest BCUT2D eigenvalue weighted by molar-refractivity contribution is 7.80. The number of rotatable bonds is 10. The maximum absolute atomic E-state index is 12.6. The summed E-state index contributed by atoms with van der Waals surface area (Å²) in [6, 6.07) is 15.7. The van der Waals surface area contributed by atoms with Crippen LogP contribution in [0.2, 0.25) is 0 Å². The van der Waals surface area contributed by atoms with E-state index in [2.05, 4.69) is 36.6 Å². The Kier molecular flexibility index (Phi) is 9.77. The Morgan fingerprint density at radius 3 is 2.40 bits per heavy atom. The predicted molar refractivity (Wildman–Crippen MR) is 126 cm³/mol. The Labute approximate surface area is 185 Å². The lowest BCUT2D eigenvalue weighted by Gasteiger charge is -2.17. The summed E-state index contributed by atoms with van der Waals surface area (Å²) >= 11 is 5.34. The first-order valence-electron chi connectivity index (χ1n) is 10.4. The summed E-state index contributed by atoms with van der Waals surface area (Å²) in [5.74, 6) is 0.794. The minimum absolute atomic E-state index is 0.154. The summed E-state index contributed by atoms with van der Waals surface area (Å²) in [6.07, 6.45) is 1.03. The zero-order valence-electron chi connectivity index (χ0n) is 18.2. The Balaban J connectivity index is 1.92. The molecule has 162 valence electrons. The van der Waals surface area contributed by atoms with E-state index in [0.717, 1.165) is 12.0 Å². The van der Waals surface area contributed by atoms with Crippen molar-refractivity contribution in [1.82, 2.24) is 5.32 Å². The van der Waals surface area contributed by atoms with E-state index in [1.165, 1.54) is 5.56 Å². The van der Waals surface area contributed by atoms with Gasteiger partial charge >= 0.3 is 0 Å². The largest absolute Gasteiger partial charge is 0.489 e. The summed E-state index contributed by atoms with van der Waals surface area (Å²) in [4.78, 5) is 12.6. The number of thiocarbonyl (C=S) groups is 1. The van der Waals surface area contributed by atoms with E-state index in [0.29, 0.717) is 37.2 Å². The fraction of sp³-hybridized carbons (Fsp3) is 0.417. The molecule has 0 radical (unpaired) electrons. The third-order valence-electron chi connectivity index (χ3n) is 4.58. The maximum Gasteiger partial charge on any atom is 0.233 e. The van der Waals surface area contributed by atoms with Gasteiger partial charge in [-0.25, -0.2) is 0 Å². The van der Waals surface area contributed by atoms with E-state index in [1.807, 2.05) is 50.2 Å². The number of amides is 1. The van der Waals surface area contributed by atoms with Crippen LogP contribution in [-0.2, 0) is 16.0 Å². The number of carbonyl (C=O) groups excluding carboxylic acids is 1. The van der Waals surface area contributed by atoms with E-state index in [4.69, 9.17) is 21.7 Å². The van der Waals surface area contributed by atoms with Crippen molar-refractivity contribution in [3.8, 4) is 5.75 Å². The summed E-state index contributed by atoms with van der Waals surface area (Å²) in [7, 11) is 0. The van der Waals surface area contributed by atoms with E-state index < -0.39 is 0 Å². The van der Waals surface area contributed by atoms with Crippen LogP contribution in [-0.4, -0.2) is 30.8 Å². The second kappa shape index (κ2) is 12.3. The van der Waals surface area contributed by atoms with Gasteiger partial charge in [0.25, 0.3) is 0 Å². The molecule has 0 aliphatic rings. The van der Waals surface area contributed by atoms with Crippen LogP contribution < -0.4 is 15.4 Å². The van der Waals surface area contributed by atoms with Gasteiger partial charge in [0, 0.05) is 6.61 Å². The molecule has 5 nitrogen and oxygen atoms in total. The van der Waals surface area contributed by atoms with Crippen molar-refractivity contribution >= 4 is 28.9 Å².